The summed E-state index contributed by atoms with van der Waals surface area (Å²) in [4.78, 5) is 46.8. The highest BCUT2D eigenvalue weighted by molar-refractivity contribution is 5.96. The third-order valence-electron chi connectivity index (χ3n) is 8.24. The molecule has 4 aliphatic rings. The van der Waals surface area contributed by atoms with Crippen LogP contribution in [-0.2, 0) is 28.7 Å². The van der Waals surface area contributed by atoms with Crippen LogP contribution in [0.15, 0.2) is 23.3 Å². The van der Waals surface area contributed by atoms with Gasteiger partial charge in [-0.1, -0.05) is 37.8 Å². The number of ether oxygens (including phenoxy) is 2. The number of hydrogen-bond acceptors (Lipinski definition) is 6. The van der Waals surface area contributed by atoms with Crippen LogP contribution in [0.2, 0.25) is 0 Å². The number of carbonyl (C=O) groups is 4. The largest absolute Gasteiger partial charge is 0.469 e. The Kier molecular flexibility index (Phi) is 7.41. The lowest BCUT2D eigenvalue weighted by Crippen LogP contribution is -2.41. The standard InChI is InChI=1S/2C13H18O3/c2*1-13-6-4-3-5-9(13)7-10(14)8-11(13)12(15)16-2/h2*7,11H,3-6,8H2,1-2H3/t2*11-,13+/m10/s1. The van der Waals surface area contributed by atoms with E-state index < -0.39 is 0 Å². The summed E-state index contributed by atoms with van der Waals surface area (Å²) in [7, 11) is 2.80. The third kappa shape index (κ3) is 4.60. The fraction of sp³-hybridized carbons (Fsp3) is 0.692. The van der Waals surface area contributed by atoms with E-state index in [0.717, 1.165) is 62.5 Å². The number of carbonyl (C=O) groups excluding carboxylic acids is 4. The van der Waals surface area contributed by atoms with Crippen molar-refractivity contribution >= 4 is 23.5 Å². The first-order valence-electron chi connectivity index (χ1n) is 11.8. The van der Waals surface area contributed by atoms with Crippen LogP contribution in [0, 0.1) is 22.7 Å². The molecule has 0 saturated heterocycles. The van der Waals surface area contributed by atoms with Crippen molar-refractivity contribution in [1.82, 2.24) is 0 Å². The van der Waals surface area contributed by atoms with Crippen LogP contribution in [-0.4, -0.2) is 37.7 Å². The average Bonchev–Trinajstić information content (AvgIpc) is 2.78. The zero-order valence-electron chi connectivity index (χ0n) is 19.8. The highest BCUT2D eigenvalue weighted by Crippen LogP contribution is 2.51. The predicted octanol–water partition coefficient (Wildman–Crippen LogP) is 4.51. The molecule has 0 aromatic rings. The fourth-order valence-corrected chi connectivity index (χ4v) is 6.11. The number of methoxy groups -OCH3 is 2. The minimum atomic E-state index is -0.273. The molecule has 0 heterocycles. The zero-order valence-corrected chi connectivity index (χ0v) is 19.8. The molecule has 0 amide bonds. The maximum absolute atomic E-state index is 11.8. The first-order valence-corrected chi connectivity index (χ1v) is 11.8. The van der Waals surface area contributed by atoms with Crippen molar-refractivity contribution in [2.75, 3.05) is 14.2 Å². The fourth-order valence-electron chi connectivity index (χ4n) is 6.11. The molecule has 2 saturated carbocycles. The molecule has 4 aliphatic carbocycles. The molecule has 4 rings (SSSR count). The average molecular weight is 445 g/mol. The molecule has 6 heteroatoms. The van der Waals surface area contributed by atoms with E-state index in [9.17, 15) is 19.2 Å². The summed E-state index contributed by atoms with van der Waals surface area (Å²) in [5.74, 6) is -0.864. The topological polar surface area (TPSA) is 86.7 Å². The van der Waals surface area contributed by atoms with Gasteiger partial charge in [0, 0.05) is 23.7 Å². The van der Waals surface area contributed by atoms with Gasteiger partial charge < -0.3 is 9.47 Å². The van der Waals surface area contributed by atoms with Gasteiger partial charge in [-0.05, 0) is 50.7 Å². The number of rotatable bonds is 2. The van der Waals surface area contributed by atoms with Crippen molar-refractivity contribution in [1.29, 1.82) is 0 Å². The minimum absolute atomic E-state index is 0.0739. The molecule has 0 aliphatic heterocycles. The Morgan fingerprint density at radius 1 is 0.750 bits per heavy atom. The van der Waals surface area contributed by atoms with Crippen LogP contribution in [0.4, 0.5) is 0 Å². The number of hydrogen-bond donors (Lipinski definition) is 0. The Bertz CT molecular complexity index is 782. The summed E-state index contributed by atoms with van der Waals surface area (Å²) in [6.45, 7) is 4.21. The van der Waals surface area contributed by atoms with Crippen LogP contribution in [0.1, 0.15) is 78.1 Å². The smallest absolute Gasteiger partial charge is 0.310 e. The van der Waals surface area contributed by atoms with Crippen molar-refractivity contribution in [2.45, 2.75) is 78.1 Å². The van der Waals surface area contributed by atoms with E-state index in [1.165, 1.54) is 14.2 Å². The predicted molar refractivity (Wildman–Crippen MR) is 120 cm³/mol. The molecule has 0 bridgehead atoms. The van der Waals surface area contributed by atoms with E-state index in [4.69, 9.17) is 9.47 Å². The Labute approximate surface area is 190 Å². The van der Waals surface area contributed by atoms with Gasteiger partial charge in [-0.3, -0.25) is 19.2 Å². The molecule has 2 fully saturated rings. The quantitative estimate of drug-likeness (QED) is 0.583. The second-order valence-corrected chi connectivity index (χ2v) is 10.1. The molecule has 0 N–H and O–H groups in total. The minimum Gasteiger partial charge on any atom is -0.469 e. The molecular formula is C26H36O6. The maximum atomic E-state index is 11.8. The Balaban J connectivity index is 0.000000181. The molecule has 4 atom stereocenters. The molecule has 32 heavy (non-hydrogen) atoms. The van der Waals surface area contributed by atoms with Gasteiger partial charge in [-0.2, -0.15) is 0 Å². The summed E-state index contributed by atoms with van der Waals surface area (Å²) in [6, 6.07) is 0. The first kappa shape index (κ1) is 24.4. The molecule has 0 unspecified atom stereocenters. The number of fused-ring (bicyclic) bond motifs is 2. The Hall–Kier alpha value is -2.24. The molecule has 176 valence electrons. The van der Waals surface area contributed by atoms with Gasteiger partial charge in [-0.15, -0.1) is 0 Å². The van der Waals surface area contributed by atoms with Gasteiger partial charge in [-0.25, -0.2) is 0 Å². The molecule has 6 nitrogen and oxygen atoms in total. The number of allylic oxidation sites excluding steroid dienone is 4. The van der Waals surface area contributed by atoms with E-state index in [1.54, 1.807) is 12.2 Å². The normalized spacial score (nSPS) is 34.0. The highest BCUT2D eigenvalue weighted by atomic mass is 16.5. The lowest BCUT2D eigenvalue weighted by molar-refractivity contribution is -0.152. The van der Waals surface area contributed by atoms with Crippen LogP contribution in [0.5, 0.6) is 0 Å². The Morgan fingerprint density at radius 3 is 1.47 bits per heavy atom. The second kappa shape index (κ2) is 9.72. The molecule has 0 radical (unpaired) electrons. The number of ketones is 2. The summed E-state index contributed by atoms with van der Waals surface area (Å²) in [6.07, 6.45) is 12.6. The van der Waals surface area contributed by atoms with Gasteiger partial charge in [0.25, 0.3) is 0 Å². The first-order chi connectivity index (χ1) is 15.2. The van der Waals surface area contributed by atoms with Gasteiger partial charge in [0.05, 0.1) is 26.1 Å². The monoisotopic (exact) mass is 444 g/mol. The Morgan fingerprint density at radius 2 is 1.12 bits per heavy atom. The van der Waals surface area contributed by atoms with E-state index in [1.807, 2.05) is 0 Å². The summed E-state index contributed by atoms with van der Waals surface area (Å²) in [5, 5.41) is 0. The van der Waals surface area contributed by atoms with Crippen molar-refractivity contribution in [3.8, 4) is 0 Å². The molecular weight excluding hydrogens is 408 g/mol. The second-order valence-electron chi connectivity index (χ2n) is 10.1. The highest BCUT2D eigenvalue weighted by Gasteiger charge is 2.48. The summed E-state index contributed by atoms with van der Waals surface area (Å²) < 4.78 is 9.67. The van der Waals surface area contributed by atoms with E-state index >= 15 is 0 Å². The van der Waals surface area contributed by atoms with Crippen LogP contribution >= 0.6 is 0 Å². The van der Waals surface area contributed by atoms with Crippen LogP contribution in [0.3, 0.4) is 0 Å². The summed E-state index contributed by atoms with van der Waals surface area (Å²) in [5.41, 5.74) is 2.04. The van der Waals surface area contributed by atoms with Crippen molar-refractivity contribution in [3.63, 3.8) is 0 Å². The van der Waals surface area contributed by atoms with Crippen molar-refractivity contribution in [2.24, 2.45) is 22.7 Å². The lowest BCUT2D eigenvalue weighted by Gasteiger charge is -2.43. The third-order valence-corrected chi connectivity index (χ3v) is 8.24. The molecule has 0 spiro atoms. The van der Waals surface area contributed by atoms with E-state index in [0.29, 0.717) is 12.8 Å². The molecule has 0 aromatic carbocycles. The van der Waals surface area contributed by atoms with Gasteiger partial charge >= 0.3 is 11.9 Å². The number of esters is 2. The van der Waals surface area contributed by atoms with Crippen molar-refractivity contribution < 1.29 is 28.7 Å². The van der Waals surface area contributed by atoms with E-state index in [2.05, 4.69) is 13.8 Å². The van der Waals surface area contributed by atoms with Crippen LogP contribution < -0.4 is 0 Å². The van der Waals surface area contributed by atoms with E-state index in [-0.39, 0.29) is 46.2 Å². The SMILES string of the molecule is COC(=O)[C@@H]1CC(=O)C=C2CCCC[C@]21C.COC(=O)[C@H]1CC(=O)C=C2CCCC[C@@]21C. The van der Waals surface area contributed by atoms with Crippen LogP contribution in [0.25, 0.3) is 0 Å². The van der Waals surface area contributed by atoms with Gasteiger partial charge in [0.1, 0.15) is 0 Å². The molecule has 0 aromatic heterocycles. The zero-order chi connectivity index (χ0) is 23.5. The maximum Gasteiger partial charge on any atom is 0.310 e. The van der Waals surface area contributed by atoms with Gasteiger partial charge in [0.15, 0.2) is 11.6 Å². The van der Waals surface area contributed by atoms with Crippen molar-refractivity contribution in [3.05, 3.63) is 23.3 Å². The lowest BCUT2D eigenvalue weighted by atomic mass is 9.60. The summed E-state index contributed by atoms with van der Waals surface area (Å²) >= 11 is 0. The van der Waals surface area contributed by atoms with Gasteiger partial charge in [0.2, 0.25) is 0 Å².